The predicted molar refractivity (Wildman–Crippen MR) is 105 cm³/mol. The Kier molecular flexibility index (Phi) is 5.52. The first kappa shape index (κ1) is 18.6. The van der Waals surface area contributed by atoms with Gasteiger partial charge in [-0.25, -0.2) is 0 Å². The Labute approximate surface area is 161 Å². The smallest absolute Gasteiger partial charge is 0.288 e. The molecule has 0 saturated heterocycles. The van der Waals surface area contributed by atoms with E-state index in [1.807, 2.05) is 61.5 Å². The molecule has 0 aliphatic heterocycles. The van der Waals surface area contributed by atoms with E-state index in [2.05, 4.69) is 5.32 Å². The van der Waals surface area contributed by atoms with Crippen molar-refractivity contribution < 1.29 is 9.72 Å². The molecule has 5 nitrogen and oxygen atoms in total. The number of nitrogens with zero attached hydrogens (tertiary/aromatic N) is 1. The van der Waals surface area contributed by atoms with E-state index in [4.69, 9.17) is 11.6 Å². The van der Waals surface area contributed by atoms with Crippen LogP contribution in [0.4, 0.5) is 5.69 Å². The number of halogens is 1. The van der Waals surface area contributed by atoms with Crippen molar-refractivity contribution in [1.29, 1.82) is 0 Å². The number of benzene rings is 3. The third-order valence-electron chi connectivity index (χ3n) is 4.22. The Morgan fingerprint density at radius 2 is 1.63 bits per heavy atom. The SMILES string of the molecule is Cc1ccc([C@H](NC(=O)c2ccc(Cl)c([N+](=O)[O-])c2)c2ccccc2)cc1. The fraction of sp³-hybridized carbons (Fsp3) is 0.0952. The molecule has 1 N–H and O–H groups in total. The summed E-state index contributed by atoms with van der Waals surface area (Å²) in [4.78, 5) is 23.3. The zero-order valence-electron chi connectivity index (χ0n) is 14.6. The minimum absolute atomic E-state index is 0.00491. The zero-order valence-corrected chi connectivity index (χ0v) is 15.3. The summed E-state index contributed by atoms with van der Waals surface area (Å²) >= 11 is 5.83. The normalized spacial score (nSPS) is 11.6. The van der Waals surface area contributed by atoms with Crippen LogP contribution < -0.4 is 5.32 Å². The Morgan fingerprint density at radius 3 is 2.26 bits per heavy atom. The van der Waals surface area contributed by atoms with E-state index in [-0.39, 0.29) is 22.3 Å². The van der Waals surface area contributed by atoms with Gasteiger partial charge in [-0.3, -0.25) is 14.9 Å². The van der Waals surface area contributed by atoms with Crippen molar-refractivity contribution in [3.05, 3.63) is 110 Å². The molecule has 136 valence electrons. The number of nitro benzene ring substituents is 1. The second-order valence-corrected chi connectivity index (χ2v) is 6.56. The van der Waals surface area contributed by atoms with Crippen LogP contribution in [-0.4, -0.2) is 10.8 Å². The van der Waals surface area contributed by atoms with Crippen LogP contribution in [0.2, 0.25) is 5.02 Å². The highest BCUT2D eigenvalue weighted by Gasteiger charge is 2.20. The van der Waals surface area contributed by atoms with Gasteiger partial charge in [-0.05, 0) is 30.2 Å². The van der Waals surface area contributed by atoms with Gasteiger partial charge in [-0.15, -0.1) is 0 Å². The average molecular weight is 381 g/mol. The van der Waals surface area contributed by atoms with E-state index in [1.165, 1.54) is 18.2 Å². The molecule has 3 rings (SSSR count). The van der Waals surface area contributed by atoms with Gasteiger partial charge in [-0.1, -0.05) is 71.8 Å². The maximum atomic E-state index is 12.8. The maximum absolute atomic E-state index is 12.8. The molecule has 0 aliphatic carbocycles. The molecular formula is C21H17ClN2O3. The van der Waals surface area contributed by atoms with E-state index in [1.54, 1.807) is 0 Å². The number of nitrogens with one attached hydrogen (secondary N) is 1. The Hall–Kier alpha value is -3.18. The summed E-state index contributed by atoms with van der Waals surface area (Å²) in [6, 6.07) is 21.1. The van der Waals surface area contributed by atoms with Crippen LogP contribution in [0, 0.1) is 17.0 Å². The van der Waals surface area contributed by atoms with Crippen LogP contribution in [0.3, 0.4) is 0 Å². The van der Waals surface area contributed by atoms with Gasteiger partial charge in [0, 0.05) is 11.6 Å². The monoisotopic (exact) mass is 380 g/mol. The lowest BCUT2D eigenvalue weighted by Crippen LogP contribution is -2.29. The molecule has 0 saturated carbocycles. The van der Waals surface area contributed by atoms with Gasteiger partial charge < -0.3 is 5.32 Å². The number of rotatable bonds is 5. The lowest BCUT2D eigenvalue weighted by Gasteiger charge is -2.20. The Balaban J connectivity index is 1.95. The third-order valence-corrected chi connectivity index (χ3v) is 4.54. The number of carbonyl (C=O) groups excluding carboxylic acids is 1. The number of nitro groups is 1. The number of hydrogen-bond acceptors (Lipinski definition) is 3. The highest BCUT2D eigenvalue weighted by molar-refractivity contribution is 6.32. The molecule has 3 aromatic rings. The summed E-state index contributed by atoms with van der Waals surface area (Å²) in [5.41, 5.74) is 2.84. The molecule has 27 heavy (non-hydrogen) atoms. The molecular weight excluding hydrogens is 364 g/mol. The van der Waals surface area contributed by atoms with E-state index >= 15 is 0 Å². The van der Waals surface area contributed by atoms with Crippen molar-refractivity contribution in [3.8, 4) is 0 Å². The predicted octanol–water partition coefficient (Wildman–Crippen LogP) is 5.08. The molecule has 0 heterocycles. The van der Waals surface area contributed by atoms with Crippen LogP contribution in [0.25, 0.3) is 0 Å². The molecule has 0 fully saturated rings. The summed E-state index contributed by atoms with van der Waals surface area (Å²) in [6.07, 6.45) is 0. The van der Waals surface area contributed by atoms with Crippen LogP contribution in [0.15, 0.2) is 72.8 Å². The van der Waals surface area contributed by atoms with Gasteiger partial charge >= 0.3 is 0 Å². The molecule has 0 aliphatic rings. The second kappa shape index (κ2) is 8.01. The van der Waals surface area contributed by atoms with Crippen molar-refractivity contribution in [3.63, 3.8) is 0 Å². The Morgan fingerprint density at radius 1 is 1.00 bits per heavy atom. The van der Waals surface area contributed by atoms with Crippen LogP contribution >= 0.6 is 11.6 Å². The van der Waals surface area contributed by atoms with Crippen molar-refractivity contribution in [2.75, 3.05) is 0 Å². The first-order chi connectivity index (χ1) is 13.0. The quantitative estimate of drug-likeness (QED) is 0.495. The lowest BCUT2D eigenvalue weighted by molar-refractivity contribution is -0.384. The number of aryl methyl sites for hydroxylation is 1. The van der Waals surface area contributed by atoms with E-state index in [9.17, 15) is 14.9 Å². The van der Waals surface area contributed by atoms with Gasteiger partial charge in [0.15, 0.2) is 0 Å². The molecule has 1 amide bonds. The van der Waals surface area contributed by atoms with E-state index < -0.39 is 10.8 Å². The van der Waals surface area contributed by atoms with E-state index in [0.29, 0.717) is 0 Å². The summed E-state index contributed by atoms with van der Waals surface area (Å²) in [7, 11) is 0. The van der Waals surface area contributed by atoms with Crippen molar-refractivity contribution in [1.82, 2.24) is 5.32 Å². The molecule has 0 unspecified atom stereocenters. The molecule has 1 atom stereocenters. The fourth-order valence-electron chi connectivity index (χ4n) is 2.77. The molecule has 0 aromatic heterocycles. The first-order valence-corrected chi connectivity index (χ1v) is 8.70. The number of amides is 1. The van der Waals surface area contributed by atoms with Crippen LogP contribution in [-0.2, 0) is 0 Å². The summed E-state index contributed by atoms with van der Waals surface area (Å²) in [5.74, 6) is -0.413. The largest absolute Gasteiger partial charge is 0.341 e. The maximum Gasteiger partial charge on any atom is 0.288 e. The lowest BCUT2D eigenvalue weighted by atomic mass is 9.97. The van der Waals surface area contributed by atoms with Gasteiger partial charge in [0.2, 0.25) is 0 Å². The van der Waals surface area contributed by atoms with Crippen molar-refractivity contribution >= 4 is 23.2 Å². The van der Waals surface area contributed by atoms with Crippen LogP contribution in [0.5, 0.6) is 0 Å². The average Bonchev–Trinajstić information content (AvgIpc) is 2.67. The first-order valence-electron chi connectivity index (χ1n) is 8.32. The van der Waals surface area contributed by atoms with Gasteiger partial charge in [-0.2, -0.15) is 0 Å². The fourth-order valence-corrected chi connectivity index (χ4v) is 2.96. The van der Waals surface area contributed by atoms with Gasteiger partial charge in [0.25, 0.3) is 11.6 Å². The molecule has 0 spiro atoms. The highest BCUT2D eigenvalue weighted by Crippen LogP contribution is 2.27. The molecule has 0 radical (unpaired) electrons. The standard InChI is InChI=1S/C21H17ClN2O3/c1-14-7-9-16(10-8-14)20(15-5-3-2-4-6-15)23-21(25)17-11-12-18(22)19(13-17)24(26)27/h2-13,20H,1H3,(H,23,25)/t20-/m1/s1. The van der Waals surface area contributed by atoms with Crippen LogP contribution in [0.1, 0.15) is 33.1 Å². The van der Waals surface area contributed by atoms with Crippen molar-refractivity contribution in [2.24, 2.45) is 0 Å². The highest BCUT2D eigenvalue weighted by atomic mass is 35.5. The van der Waals surface area contributed by atoms with Gasteiger partial charge in [0.05, 0.1) is 11.0 Å². The molecule has 6 heteroatoms. The number of carbonyl (C=O) groups is 1. The summed E-state index contributed by atoms with van der Waals surface area (Å²) in [6.45, 7) is 1.99. The minimum Gasteiger partial charge on any atom is -0.341 e. The zero-order chi connectivity index (χ0) is 19.4. The molecule has 0 bridgehead atoms. The summed E-state index contributed by atoms with van der Waals surface area (Å²) in [5, 5.41) is 14.0. The summed E-state index contributed by atoms with van der Waals surface area (Å²) < 4.78 is 0. The van der Waals surface area contributed by atoms with Crippen molar-refractivity contribution in [2.45, 2.75) is 13.0 Å². The van der Waals surface area contributed by atoms with Gasteiger partial charge in [0.1, 0.15) is 5.02 Å². The van der Waals surface area contributed by atoms with E-state index in [0.717, 1.165) is 16.7 Å². The topological polar surface area (TPSA) is 72.2 Å². The second-order valence-electron chi connectivity index (χ2n) is 6.15. The Bertz CT molecular complexity index is 972. The third kappa shape index (κ3) is 4.33. The molecule has 3 aromatic carbocycles. The number of hydrogen-bond donors (Lipinski definition) is 1. The minimum atomic E-state index is -0.603.